The molecule has 146 valence electrons. The zero-order valence-corrected chi connectivity index (χ0v) is 15.9. The molecule has 5 rings (SSSR count). The average Bonchev–Trinajstić information content (AvgIpc) is 3.35. The number of halogens is 1. The van der Waals surface area contributed by atoms with Crippen LogP contribution in [0.4, 0.5) is 21.6 Å². The highest BCUT2D eigenvalue weighted by molar-refractivity contribution is 6.08. The molecule has 1 fully saturated rings. The van der Waals surface area contributed by atoms with E-state index in [1.54, 1.807) is 41.7 Å². The molecule has 1 amide bonds. The van der Waals surface area contributed by atoms with Crippen molar-refractivity contribution in [1.82, 2.24) is 9.97 Å². The molecule has 1 spiro atoms. The first-order valence-electron chi connectivity index (χ1n) is 9.90. The fourth-order valence-electron chi connectivity index (χ4n) is 4.77. The predicted octanol–water partition coefficient (Wildman–Crippen LogP) is 4.83. The summed E-state index contributed by atoms with van der Waals surface area (Å²) in [5.41, 5.74) is 2.50. The summed E-state index contributed by atoms with van der Waals surface area (Å²) in [4.78, 5) is 23.4. The minimum Gasteiger partial charge on any atom is -0.339 e. The molecule has 29 heavy (non-hydrogen) atoms. The van der Waals surface area contributed by atoms with Crippen LogP contribution in [0, 0.1) is 5.82 Å². The molecule has 2 heterocycles. The van der Waals surface area contributed by atoms with Crippen molar-refractivity contribution >= 4 is 23.1 Å². The van der Waals surface area contributed by atoms with Crippen molar-refractivity contribution < 1.29 is 9.18 Å². The molecule has 0 atom stereocenters. The molecule has 1 aliphatic heterocycles. The van der Waals surface area contributed by atoms with Crippen LogP contribution in [0.2, 0.25) is 0 Å². The first-order chi connectivity index (χ1) is 14.2. The van der Waals surface area contributed by atoms with Crippen LogP contribution in [0.3, 0.4) is 0 Å². The number of nitrogens with one attached hydrogen (secondary N) is 1. The number of rotatable bonds is 3. The Labute approximate surface area is 168 Å². The first-order valence-corrected chi connectivity index (χ1v) is 9.90. The van der Waals surface area contributed by atoms with Crippen molar-refractivity contribution in [2.75, 3.05) is 16.8 Å². The standard InChI is InChI=1S/C23H21FN4O/c24-18-7-4-8-19-21(18)23(9-1-2-10-23)15-28(19)22(29)16-5-3-6-17(13-16)27-20-14-25-11-12-26-20/h3-8,11-14H,1-2,9-10,15H2,(H,26,27). The third kappa shape index (κ3) is 3.05. The van der Waals surface area contributed by atoms with Crippen LogP contribution < -0.4 is 10.2 Å². The van der Waals surface area contributed by atoms with Crippen molar-refractivity contribution in [3.05, 3.63) is 78.0 Å². The minimum atomic E-state index is -0.244. The molecule has 1 saturated carbocycles. The van der Waals surface area contributed by atoms with E-state index in [1.807, 2.05) is 18.2 Å². The number of fused-ring (bicyclic) bond motifs is 2. The Morgan fingerprint density at radius 2 is 1.93 bits per heavy atom. The van der Waals surface area contributed by atoms with Gasteiger partial charge in [0.25, 0.3) is 5.91 Å². The molecule has 1 aromatic heterocycles. The topological polar surface area (TPSA) is 58.1 Å². The van der Waals surface area contributed by atoms with Crippen LogP contribution in [-0.4, -0.2) is 22.4 Å². The van der Waals surface area contributed by atoms with Gasteiger partial charge in [-0.2, -0.15) is 0 Å². The molecule has 0 radical (unpaired) electrons. The number of benzene rings is 2. The molecular formula is C23H21FN4O. The summed E-state index contributed by atoms with van der Waals surface area (Å²) in [5, 5.41) is 3.16. The van der Waals surface area contributed by atoms with Gasteiger partial charge < -0.3 is 10.2 Å². The molecule has 2 aliphatic rings. The lowest BCUT2D eigenvalue weighted by molar-refractivity contribution is 0.0985. The monoisotopic (exact) mass is 388 g/mol. The fraction of sp³-hybridized carbons (Fsp3) is 0.261. The summed E-state index contributed by atoms with van der Waals surface area (Å²) in [7, 11) is 0. The van der Waals surface area contributed by atoms with E-state index in [-0.39, 0.29) is 17.1 Å². The molecular weight excluding hydrogens is 367 g/mol. The Morgan fingerprint density at radius 3 is 2.72 bits per heavy atom. The Morgan fingerprint density at radius 1 is 1.10 bits per heavy atom. The van der Waals surface area contributed by atoms with Gasteiger partial charge in [0.15, 0.2) is 0 Å². The van der Waals surface area contributed by atoms with Crippen molar-refractivity contribution in [3.63, 3.8) is 0 Å². The van der Waals surface area contributed by atoms with Gasteiger partial charge in [0.2, 0.25) is 0 Å². The van der Waals surface area contributed by atoms with Gasteiger partial charge in [-0.3, -0.25) is 9.78 Å². The predicted molar refractivity (Wildman–Crippen MR) is 110 cm³/mol. The van der Waals surface area contributed by atoms with E-state index in [0.717, 1.165) is 36.9 Å². The third-order valence-corrected chi connectivity index (χ3v) is 6.02. The van der Waals surface area contributed by atoms with Crippen molar-refractivity contribution in [2.24, 2.45) is 0 Å². The number of hydrogen-bond donors (Lipinski definition) is 1. The number of nitrogens with zero attached hydrogens (tertiary/aromatic N) is 3. The highest BCUT2D eigenvalue weighted by Gasteiger charge is 2.48. The number of carbonyl (C=O) groups excluding carboxylic acids is 1. The van der Waals surface area contributed by atoms with Gasteiger partial charge in [-0.1, -0.05) is 25.0 Å². The van der Waals surface area contributed by atoms with Crippen LogP contribution in [0.5, 0.6) is 0 Å². The maximum atomic E-state index is 14.8. The first kappa shape index (κ1) is 17.8. The van der Waals surface area contributed by atoms with E-state index in [1.165, 1.54) is 6.07 Å². The van der Waals surface area contributed by atoms with Gasteiger partial charge in [0.05, 0.1) is 11.9 Å². The number of amides is 1. The van der Waals surface area contributed by atoms with E-state index >= 15 is 0 Å². The highest BCUT2D eigenvalue weighted by atomic mass is 19.1. The Bertz CT molecular complexity index is 1060. The molecule has 1 N–H and O–H groups in total. The van der Waals surface area contributed by atoms with Gasteiger partial charge in [0.1, 0.15) is 11.6 Å². The fourth-order valence-corrected chi connectivity index (χ4v) is 4.77. The van der Waals surface area contributed by atoms with Gasteiger partial charge in [-0.15, -0.1) is 0 Å². The highest BCUT2D eigenvalue weighted by Crippen LogP contribution is 2.51. The molecule has 5 nitrogen and oxygen atoms in total. The number of anilines is 3. The summed E-state index contributed by atoms with van der Waals surface area (Å²) in [6.07, 6.45) is 8.85. The van der Waals surface area contributed by atoms with Crippen molar-refractivity contribution in [2.45, 2.75) is 31.1 Å². The Kier molecular flexibility index (Phi) is 4.27. The second-order valence-electron chi connectivity index (χ2n) is 7.81. The van der Waals surface area contributed by atoms with E-state index in [9.17, 15) is 9.18 Å². The maximum absolute atomic E-state index is 14.8. The largest absolute Gasteiger partial charge is 0.339 e. The Balaban J connectivity index is 1.47. The second-order valence-corrected chi connectivity index (χ2v) is 7.81. The molecule has 0 bridgehead atoms. The van der Waals surface area contributed by atoms with Crippen LogP contribution >= 0.6 is 0 Å². The summed E-state index contributed by atoms with van der Waals surface area (Å²) in [6, 6.07) is 12.4. The Hall–Kier alpha value is -3.28. The minimum absolute atomic E-state index is 0.108. The molecule has 3 aromatic rings. The van der Waals surface area contributed by atoms with E-state index in [0.29, 0.717) is 23.6 Å². The number of carbonyl (C=O) groups is 1. The van der Waals surface area contributed by atoms with Crippen molar-refractivity contribution in [1.29, 1.82) is 0 Å². The summed E-state index contributed by atoms with van der Waals surface area (Å²) in [6.45, 7) is 0.546. The summed E-state index contributed by atoms with van der Waals surface area (Å²) >= 11 is 0. The zero-order chi connectivity index (χ0) is 19.8. The molecule has 6 heteroatoms. The lowest BCUT2D eigenvalue weighted by Crippen LogP contribution is -2.35. The van der Waals surface area contributed by atoms with Gasteiger partial charge >= 0.3 is 0 Å². The third-order valence-electron chi connectivity index (χ3n) is 6.02. The number of hydrogen-bond acceptors (Lipinski definition) is 4. The van der Waals surface area contributed by atoms with Crippen LogP contribution in [0.15, 0.2) is 61.1 Å². The zero-order valence-electron chi connectivity index (χ0n) is 15.9. The summed E-state index contributed by atoms with van der Waals surface area (Å²) < 4.78 is 14.8. The van der Waals surface area contributed by atoms with Crippen LogP contribution in [0.1, 0.15) is 41.6 Å². The average molecular weight is 388 g/mol. The quantitative estimate of drug-likeness (QED) is 0.698. The van der Waals surface area contributed by atoms with E-state index in [2.05, 4.69) is 15.3 Å². The SMILES string of the molecule is O=C(c1cccc(Nc2cnccn2)c1)N1CC2(CCCC2)c2c(F)cccc21. The van der Waals surface area contributed by atoms with E-state index < -0.39 is 0 Å². The lowest BCUT2D eigenvalue weighted by atomic mass is 9.80. The van der Waals surface area contributed by atoms with Crippen LogP contribution in [-0.2, 0) is 5.41 Å². The number of aromatic nitrogens is 2. The smallest absolute Gasteiger partial charge is 0.258 e. The summed E-state index contributed by atoms with van der Waals surface area (Å²) in [5.74, 6) is 0.303. The van der Waals surface area contributed by atoms with Crippen LogP contribution in [0.25, 0.3) is 0 Å². The van der Waals surface area contributed by atoms with Gasteiger partial charge in [-0.25, -0.2) is 9.37 Å². The lowest BCUT2D eigenvalue weighted by Gasteiger charge is -2.25. The second kappa shape index (κ2) is 6.95. The van der Waals surface area contributed by atoms with Crippen molar-refractivity contribution in [3.8, 4) is 0 Å². The van der Waals surface area contributed by atoms with E-state index in [4.69, 9.17) is 0 Å². The molecule has 0 saturated heterocycles. The van der Waals surface area contributed by atoms with Gasteiger partial charge in [0, 0.05) is 41.2 Å². The molecule has 0 unspecified atom stereocenters. The molecule has 2 aromatic carbocycles. The molecule has 1 aliphatic carbocycles. The van der Waals surface area contributed by atoms with Gasteiger partial charge in [-0.05, 0) is 43.2 Å². The maximum Gasteiger partial charge on any atom is 0.258 e. The normalized spacial score (nSPS) is 16.8.